The molecule has 1 aromatic rings. The summed E-state index contributed by atoms with van der Waals surface area (Å²) in [6.45, 7) is 3.10. The van der Waals surface area contributed by atoms with E-state index in [1.54, 1.807) is 11.9 Å². The molecule has 2 rings (SSSR count). The molecule has 0 saturated heterocycles. The van der Waals surface area contributed by atoms with E-state index in [9.17, 15) is 9.59 Å². The minimum atomic E-state index is -0.781. The molecule has 1 amide bonds. The van der Waals surface area contributed by atoms with E-state index in [4.69, 9.17) is 9.84 Å². The number of amides is 1. The lowest BCUT2D eigenvalue weighted by Gasteiger charge is -2.29. The van der Waals surface area contributed by atoms with Crippen LogP contribution in [-0.4, -0.2) is 35.5 Å². The van der Waals surface area contributed by atoms with Crippen molar-refractivity contribution in [3.63, 3.8) is 0 Å². The molecule has 5 nitrogen and oxygen atoms in total. The zero-order valence-corrected chi connectivity index (χ0v) is 13.8. The standard InChI is InChI=1S/C18H25NO4/c1-3-23-16-9-7-13(8-10-16)12-19(2)17(20)14-5-4-6-15(11-14)18(21)22/h7-10,14-15H,3-6,11-12H2,1-2H3,(H,21,22). The van der Waals surface area contributed by atoms with Crippen LogP contribution >= 0.6 is 0 Å². The zero-order valence-electron chi connectivity index (χ0n) is 13.8. The Balaban J connectivity index is 1.92. The molecule has 0 spiro atoms. The molecule has 2 atom stereocenters. The van der Waals surface area contributed by atoms with Crippen molar-refractivity contribution in [2.45, 2.75) is 39.2 Å². The number of aliphatic carboxylic acids is 1. The van der Waals surface area contributed by atoms with Crippen LogP contribution in [-0.2, 0) is 16.1 Å². The van der Waals surface area contributed by atoms with Crippen LogP contribution in [0.1, 0.15) is 38.2 Å². The Morgan fingerprint density at radius 1 is 1.22 bits per heavy atom. The molecular weight excluding hydrogens is 294 g/mol. The third kappa shape index (κ3) is 4.71. The van der Waals surface area contributed by atoms with Crippen molar-refractivity contribution < 1.29 is 19.4 Å². The van der Waals surface area contributed by atoms with E-state index in [1.165, 1.54) is 0 Å². The molecule has 1 N–H and O–H groups in total. The van der Waals surface area contributed by atoms with E-state index in [0.29, 0.717) is 26.0 Å². The Bertz CT molecular complexity index is 540. The summed E-state index contributed by atoms with van der Waals surface area (Å²) >= 11 is 0. The van der Waals surface area contributed by atoms with Gasteiger partial charge in [-0.3, -0.25) is 9.59 Å². The van der Waals surface area contributed by atoms with Crippen molar-refractivity contribution >= 4 is 11.9 Å². The van der Waals surface area contributed by atoms with Gasteiger partial charge in [-0.2, -0.15) is 0 Å². The molecule has 23 heavy (non-hydrogen) atoms. The molecule has 2 unspecified atom stereocenters. The summed E-state index contributed by atoms with van der Waals surface area (Å²) in [7, 11) is 1.78. The lowest BCUT2D eigenvalue weighted by molar-refractivity contribution is -0.145. The molecular formula is C18H25NO4. The number of carbonyl (C=O) groups is 2. The molecule has 0 heterocycles. The second-order valence-corrected chi connectivity index (χ2v) is 6.17. The molecule has 0 aromatic heterocycles. The van der Waals surface area contributed by atoms with E-state index in [1.807, 2.05) is 31.2 Å². The Kier molecular flexibility index (Phi) is 6.02. The highest BCUT2D eigenvalue weighted by molar-refractivity contribution is 5.80. The summed E-state index contributed by atoms with van der Waals surface area (Å²) in [4.78, 5) is 25.4. The molecule has 1 aliphatic carbocycles. The number of rotatable bonds is 6. The van der Waals surface area contributed by atoms with Gasteiger partial charge in [0.15, 0.2) is 0 Å². The summed E-state index contributed by atoms with van der Waals surface area (Å²) in [5.74, 6) is -0.461. The highest BCUT2D eigenvalue weighted by atomic mass is 16.5. The first-order valence-electron chi connectivity index (χ1n) is 8.20. The highest BCUT2D eigenvalue weighted by Crippen LogP contribution is 2.30. The number of ether oxygens (including phenoxy) is 1. The van der Waals surface area contributed by atoms with E-state index in [0.717, 1.165) is 24.2 Å². The largest absolute Gasteiger partial charge is 0.494 e. The molecule has 0 radical (unpaired) electrons. The smallest absolute Gasteiger partial charge is 0.306 e. The Morgan fingerprint density at radius 2 is 1.87 bits per heavy atom. The van der Waals surface area contributed by atoms with E-state index in [-0.39, 0.29) is 17.7 Å². The van der Waals surface area contributed by atoms with Crippen LogP contribution in [0.4, 0.5) is 0 Å². The third-order valence-electron chi connectivity index (χ3n) is 4.40. The zero-order chi connectivity index (χ0) is 16.8. The Hall–Kier alpha value is -2.04. The van der Waals surface area contributed by atoms with Crippen LogP contribution in [0.3, 0.4) is 0 Å². The van der Waals surface area contributed by atoms with Gasteiger partial charge in [0.1, 0.15) is 5.75 Å². The fourth-order valence-corrected chi connectivity index (χ4v) is 3.16. The highest BCUT2D eigenvalue weighted by Gasteiger charge is 2.32. The summed E-state index contributed by atoms with van der Waals surface area (Å²) < 4.78 is 5.41. The van der Waals surface area contributed by atoms with Crippen molar-refractivity contribution in [3.05, 3.63) is 29.8 Å². The average Bonchev–Trinajstić information content (AvgIpc) is 2.56. The van der Waals surface area contributed by atoms with E-state index >= 15 is 0 Å². The molecule has 1 aromatic carbocycles. The van der Waals surface area contributed by atoms with Crippen LogP contribution in [0.2, 0.25) is 0 Å². The van der Waals surface area contributed by atoms with Crippen LogP contribution in [0.15, 0.2) is 24.3 Å². The normalized spacial score (nSPS) is 20.8. The third-order valence-corrected chi connectivity index (χ3v) is 4.40. The predicted molar refractivity (Wildman–Crippen MR) is 87.2 cm³/mol. The number of hydrogen-bond donors (Lipinski definition) is 1. The molecule has 5 heteroatoms. The van der Waals surface area contributed by atoms with Crippen molar-refractivity contribution in [2.75, 3.05) is 13.7 Å². The topological polar surface area (TPSA) is 66.8 Å². The van der Waals surface area contributed by atoms with Gasteiger partial charge in [-0.05, 0) is 43.9 Å². The van der Waals surface area contributed by atoms with Crippen molar-refractivity contribution in [2.24, 2.45) is 11.8 Å². The quantitative estimate of drug-likeness (QED) is 0.875. The number of carboxylic acid groups (broad SMARTS) is 1. The number of hydrogen-bond acceptors (Lipinski definition) is 3. The van der Waals surface area contributed by atoms with Gasteiger partial charge in [0.2, 0.25) is 5.91 Å². The molecule has 126 valence electrons. The second-order valence-electron chi connectivity index (χ2n) is 6.17. The maximum Gasteiger partial charge on any atom is 0.306 e. The maximum atomic E-state index is 12.5. The lowest BCUT2D eigenvalue weighted by atomic mass is 9.81. The van der Waals surface area contributed by atoms with Gasteiger partial charge in [0, 0.05) is 19.5 Å². The molecule has 1 aliphatic rings. The van der Waals surface area contributed by atoms with Crippen LogP contribution in [0, 0.1) is 11.8 Å². The maximum absolute atomic E-state index is 12.5. The number of carbonyl (C=O) groups excluding carboxylic acids is 1. The first kappa shape index (κ1) is 17.3. The predicted octanol–water partition coefficient (Wildman–Crippen LogP) is 2.93. The number of carboxylic acids is 1. The van der Waals surface area contributed by atoms with Gasteiger partial charge in [0.05, 0.1) is 12.5 Å². The van der Waals surface area contributed by atoms with Gasteiger partial charge in [-0.25, -0.2) is 0 Å². The van der Waals surface area contributed by atoms with Crippen molar-refractivity contribution in [1.82, 2.24) is 4.90 Å². The Morgan fingerprint density at radius 3 is 2.48 bits per heavy atom. The SMILES string of the molecule is CCOc1ccc(CN(C)C(=O)C2CCCC(C(=O)O)C2)cc1. The number of nitrogens with zero attached hydrogens (tertiary/aromatic N) is 1. The average molecular weight is 319 g/mol. The molecule has 0 bridgehead atoms. The Labute approximate surface area is 137 Å². The van der Waals surface area contributed by atoms with Crippen LogP contribution < -0.4 is 4.74 Å². The summed E-state index contributed by atoms with van der Waals surface area (Å²) in [6, 6.07) is 7.71. The van der Waals surface area contributed by atoms with E-state index < -0.39 is 5.97 Å². The van der Waals surface area contributed by atoms with Crippen LogP contribution in [0.25, 0.3) is 0 Å². The number of benzene rings is 1. The van der Waals surface area contributed by atoms with Crippen molar-refractivity contribution in [3.8, 4) is 5.75 Å². The van der Waals surface area contributed by atoms with E-state index in [2.05, 4.69) is 0 Å². The minimum Gasteiger partial charge on any atom is -0.494 e. The summed E-state index contributed by atoms with van der Waals surface area (Å²) in [5.41, 5.74) is 1.04. The van der Waals surface area contributed by atoms with Crippen LogP contribution in [0.5, 0.6) is 5.75 Å². The first-order valence-corrected chi connectivity index (χ1v) is 8.20. The van der Waals surface area contributed by atoms with Gasteiger partial charge in [-0.15, -0.1) is 0 Å². The van der Waals surface area contributed by atoms with Gasteiger partial charge in [0.25, 0.3) is 0 Å². The van der Waals surface area contributed by atoms with Gasteiger partial charge < -0.3 is 14.7 Å². The molecule has 1 saturated carbocycles. The first-order chi connectivity index (χ1) is 11.0. The van der Waals surface area contributed by atoms with Gasteiger partial charge >= 0.3 is 5.97 Å². The second kappa shape index (κ2) is 7.99. The van der Waals surface area contributed by atoms with Crippen molar-refractivity contribution in [1.29, 1.82) is 0 Å². The summed E-state index contributed by atoms with van der Waals surface area (Å²) in [5, 5.41) is 9.14. The summed E-state index contributed by atoms with van der Waals surface area (Å²) in [6.07, 6.45) is 2.74. The minimum absolute atomic E-state index is 0.0461. The fourth-order valence-electron chi connectivity index (χ4n) is 3.16. The molecule has 1 fully saturated rings. The molecule has 0 aliphatic heterocycles. The fraction of sp³-hybridized carbons (Fsp3) is 0.556. The lowest BCUT2D eigenvalue weighted by Crippen LogP contribution is -2.36. The van der Waals surface area contributed by atoms with Gasteiger partial charge in [-0.1, -0.05) is 18.6 Å². The monoisotopic (exact) mass is 319 g/mol.